The van der Waals surface area contributed by atoms with Crippen molar-refractivity contribution in [2.45, 2.75) is 11.8 Å². The second-order valence-corrected chi connectivity index (χ2v) is 8.89. The number of morpholine rings is 1. The van der Waals surface area contributed by atoms with Gasteiger partial charge in [0.05, 0.1) is 29.0 Å². The van der Waals surface area contributed by atoms with E-state index >= 15 is 0 Å². The van der Waals surface area contributed by atoms with E-state index in [-0.39, 0.29) is 18.3 Å². The zero-order valence-electron chi connectivity index (χ0n) is 17.2. The lowest BCUT2D eigenvalue weighted by Gasteiger charge is -2.29. The first kappa shape index (κ1) is 23.0. The molecule has 1 saturated heterocycles. The second-order valence-electron chi connectivity index (χ2n) is 7.03. The van der Waals surface area contributed by atoms with Gasteiger partial charge >= 0.3 is 0 Å². The van der Waals surface area contributed by atoms with Gasteiger partial charge in [-0.25, -0.2) is 4.98 Å². The number of amides is 1. The number of thioether (sulfide) groups is 1. The number of para-hydroxylation sites is 1. The molecule has 1 aromatic heterocycles. The van der Waals surface area contributed by atoms with E-state index < -0.39 is 0 Å². The normalized spacial score (nSPS) is 14.5. The second kappa shape index (κ2) is 10.6. The lowest BCUT2D eigenvalue weighted by molar-refractivity contribution is 0.0391. The molecule has 0 aliphatic carbocycles. The molecule has 8 heteroatoms. The summed E-state index contributed by atoms with van der Waals surface area (Å²) in [6.45, 7) is 6.80. The lowest BCUT2D eigenvalue weighted by Crippen LogP contribution is -2.43. The number of benzene rings is 2. The summed E-state index contributed by atoms with van der Waals surface area (Å²) in [5, 5.41) is 0.767. The molecule has 2 aromatic carbocycles. The Morgan fingerprint density at radius 1 is 1.20 bits per heavy atom. The summed E-state index contributed by atoms with van der Waals surface area (Å²) in [4.78, 5) is 23.6. The summed E-state index contributed by atoms with van der Waals surface area (Å²) in [6.07, 6.45) is 2.01. The molecule has 0 atom stereocenters. The maximum absolute atomic E-state index is 13.6. The minimum Gasteiger partial charge on any atom is -0.379 e. The standard InChI is InChI=1S/C22H25N3O2S2.ClH/c1-16-6-5-9-19-20(16)23-22(29-19)25(11-10-24-12-14-27-15-13-24)21(26)17-7-3-4-8-18(17)28-2;/h3-9H,10-15H2,1-2H3;1H. The molecule has 2 heterocycles. The highest BCUT2D eigenvalue weighted by Gasteiger charge is 2.24. The van der Waals surface area contributed by atoms with Gasteiger partial charge in [-0.2, -0.15) is 0 Å². The van der Waals surface area contributed by atoms with Crippen LogP contribution < -0.4 is 4.90 Å². The van der Waals surface area contributed by atoms with Crippen LogP contribution in [0.25, 0.3) is 10.2 Å². The quantitative estimate of drug-likeness (QED) is 0.494. The molecule has 1 fully saturated rings. The minimum absolute atomic E-state index is 0. The number of thiazole rings is 1. The molecule has 30 heavy (non-hydrogen) atoms. The number of anilines is 1. The fraction of sp³-hybridized carbons (Fsp3) is 0.364. The van der Waals surface area contributed by atoms with Crippen LogP contribution in [0.3, 0.4) is 0 Å². The van der Waals surface area contributed by atoms with Crippen LogP contribution in [-0.4, -0.2) is 61.4 Å². The largest absolute Gasteiger partial charge is 0.379 e. The van der Waals surface area contributed by atoms with Crippen molar-refractivity contribution in [1.29, 1.82) is 0 Å². The Morgan fingerprint density at radius 2 is 1.97 bits per heavy atom. The molecule has 0 unspecified atom stereocenters. The van der Waals surface area contributed by atoms with Crippen molar-refractivity contribution in [3.63, 3.8) is 0 Å². The monoisotopic (exact) mass is 463 g/mol. The van der Waals surface area contributed by atoms with Gasteiger partial charge in [-0.05, 0) is 36.9 Å². The van der Waals surface area contributed by atoms with E-state index in [1.165, 1.54) is 0 Å². The molecule has 0 radical (unpaired) electrons. The number of fused-ring (bicyclic) bond motifs is 1. The van der Waals surface area contributed by atoms with Gasteiger partial charge in [-0.1, -0.05) is 35.6 Å². The van der Waals surface area contributed by atoms with Crippen molar-refractivity contribution < 1.29 is 9.53 Å². The topological polar surface area (TPSA) is 45.7 Å². The number of hydrogen-bond donors (Lipinski definition) is 0. The smallest absolute Gasteiger partial charge is 0.261 e. The number of carbonyl (C=O) groups is 1. The summed E-state index contributed by atoms with van der Waals surface area (Å²) >= 11 is 3.19. The first-order valence-corrected chi connectivity index (χ1v) is 11.8. The Kier molecular flexibility index (Phi) is 8.13. The Hall–Kier alpha value is -1.64. The summed E-state index contributed by atoms with van der Waals surface area (Å²) < 4.78 is 6.57. The molecule has 1 amide bonds. The maximum Gasteiger partial charge on any atom is 0.261 e. The van der Waals surface area contributed by atoms with Crippen LogP contribution in [0.15, 0.2) is 47.4 Å². The van der Waals surface area contributed by atoms with Crippen molar-refractivity contribution in [2.75, 3.05) is 50.5 Å². The zero-order chi connectivity index (χ0) is 20.2. The van der Waals surface area contributed by atoms with Crippen LogP contribution in [0.2, 0.25) is 0 Å². The molecule has 4 rings (SSSR count). The minimum atomic E-state index is 0. The Balaban J connectivity index is 0.00000256. The first-order chi connectivity index (χ1) is 14.2. The van der Waals surface area contributed by atoms with E-state index in [0.717, 1.165) is 64.2 Å². The number of rotatable bonds is 6. The van der Waals surface area contributed by atoms with Crippen LogP contribution in [-0.2, 0) is 4.74 Å². The van der Waals surface area contributed by atoms with Crippen LogP contribution in [0, 0.1) is 6.92 Å². The van der Waals surface area contributed by atoms with Crippen LogP contribution in [0.4, 0.5) is 5.13 Å². The molecule has 1 aliphatic heterocycles. The third kappa shape index (κ3) is 4.98. The predicted octanol–water partition coefficient (Wildman–Crippen LogP) is 4.73. The summed E-state index contributed by atoms with van der Waals surface area (Å²) in [7, 11) is 0. The van der Waals surface area contributed by atoms with Crippen LogP contribution >= 0.6 is 35.5 Å². The average molecular weight is 464 g/mol. The number of hydrogen-bond acceptors (Lipinski definition) is 6. The fourth-order valence-electron chi connectivity index (χ4n) is 3.51. The fourth-order valence-corrected chi connectivity index (χ4v) is 5.16. The van der Waals surface area contributed by atoms with E-state index in [0.29, 0.717) is 6.54 Å². The van der Waals surface area contributed by atoms with Crippen molar-refractivity contribution in [3.8, 4) is 0 Å². The van der Waals surface area contributed by atoms with Gasteiger partial charge < -0.3 is 4.74 Å². The van der Waals surface area contributed by atoms with Gasteiger partial charge in [0.2, 0.25) is 0 Å². The predicted molar refractivity (Wildman–Crippen MR) is 129 cm³/mol. The molecule has 3 aromatic rings. The molecule has 0 saturated carbocycles. The highest BCUT2D eigenvalue weighted by Crippen LogP contribution is 2.32. The molecule has 0 bridgehead atoms. The molecule has 160 valence electrons. The zero-order valence-corrected chi connectivity index (χ0v) is 19.6. The summed E-state index contributed by atoms with van der Waals surface area (Å²) in [5.41, 5.74) is 2.85. The lowest BCUT2D eigenvalue weighted by atomic mass is 10.2. The third-order valence-corrected chi connectivity index (χ3v) is 7.01. The summed E-state index contributed by atoms with van der Waals surface area (Å²) in [5.74, 6) is 0.0138. The Bertz CT molecular complexity index is 1000. The van der Waals surface area contributed by atoms with Crippen molar-refractivity contribution in [2.24, 2.45) is 0 Å². The van der Waals surface area contributed by atoms with Gasteiger partial charge in [-0.3, -0.25) is 14.6 Å². The van der Waals surface area contributed by atoms with E-state index in [2.05, 4.69) is 24.0 Å². The van der Waals surface area contributed by atoms with E-state index in [1.807, 2.05) is 41.5 Å². The molecule has 0 N–H and O–H groups in total. The van der Waals surface area contributed by atoms with Gasteiger partial charge in [-0.15, -0.1) is 24.2 Å². The van der Waals surface area contributed by atoms with Crippen LogP contribution in [0.1, 0.15) is 15.9 Å². The Labute approximate surface area is 191 Å². The highest BCUT2D eigenvalue weighted by molar-refractivity contribution is 7.98. The summed E-state index contributed by atoms with van der Waals surface area (Å²) in [6, 6.07) is 14.0. The molecular formula is C22H26ClN3O2S2. The average Bonchev–Trinajstić information content (AvgIpc) is 3.20. The Morgan fingerprint density at radius 3 is 2.70 bits per heavy atom. The van der Waals surface area contributed by atoms with Crippen molar-refractivity contribution in [1.82, 2.24) is 9.88 Å². The van der Waals surface area contributed by atoms with Crippen LogP contribution in [0.5, 0.6) is 0 Å². The number of ether oxygens (including phenoxy) is 1. The molecular weight excluding hydrogens is 438 g/mol. The van der Waals surface area contributed by atoms with Gasteiger partial charge in [0.25, 0.3) is 5.91 Å². The van der Waals surface area contributed by atoms with E-state index in [1.54, 1.807) is 23.1 Å². The molecule has 0 spiro atoms. The number of aromatic nitrogens is 1. The number of halogens is 1. The number of aryl methyl sites for hydroxylation is 1. The maximum atomic E-state index is 13.6. The molecule has 5 nitrogen and oxygen atoms in total. The van der Waals surface area contributed by atoms with Gasteiger partial charge in [0.1, 0.15) is 0 Å². The SMILES string of the molecule is CSc1ccccc1C(=O)N(CCN1CCOCC1)c1nc2c(C)cccc2s1.Cl. The van der Waals surface area contributed by atoms with Gasteiger partial charge in [0.15, 0.2) is 5.13 Å². The third-order valence-electron chi connectivity index (χ3n) is 5.17. The first-order valence-electron chi connectivity index (χ1n) is 9.78. The van der Waals surface area contributed by atoms with Crippen molar-refractivity contribution >= 4 is 56.8 Å². The highest BCUT2D eigenvalue weighted by atomic mass is 35.5. The van der Waals surface area contributed by atoms with Gasteiger partial charge in [0, 0.05) is 31.1 Å². The van der Waals surface area contributed by atoms with E-state index in [4.69, 9.17) is 9.72 Å². The molecule has 1 aliphatic rings. The number of nitrogens with zero attached hydrogens (tertiary/aromatic N) is 3. The number of carbonyl (C=O) groups excluding carboxylic acids is 1. The van der Waals surface area contributed by atoms with E-state index in [9.17, 15) is 4.79 Å². The van der Waals surface area contributed by atoms with Crippen molar-refractivity contribution in [3.05, 3.63) is 53.6 Å².